The van der Waals surface area contributed by atoms with Crippen LogP contribution in [0.3, 0.4) is 0 Å². The number of nitrogens with one attached hydrogen (secondary N) is 1. The normalized spacial score (nSPS) is 21.5. The van der Waals surface area contributed by atoms with Gasteiger partial charge < -0.3 is 10.2 Å². The van der Waals surface area contributed by atoms with Crippen molar-refractivity contribution >= 4 is 11.6 Å². The summed E-state index contributed by atoms with van der Waals surface area (Å²) >= 11 is 0. The third-order valence-electron chi connectivity index (χ3n) is 6.02. The fourth-order valence-corrected chi connectivity index (χ4v) is 4.56. The van der Waals surface area contributed by atoms with Gasteiger partial charge in [0.1, 0.15) is 0 Å². The highest BCUT2D eigenvalue weighted by atomic mass is 16.1. The Morgan fingerprint density at radius 3 is 2.71 bits per heavy atom. The van der Waals surface area contributed by atoms with Crippen LogP contribution in [0.25, 0.3) is 0 Å². The molecule has 2 aliphatic rings. The molecule has 146 valence electrons. The fraction of sp³-hybridized carbons (Fsp3) is 0.375. The molecule has 0 aromatic heterocycles. The summed E-state index contributed by atoms with van der Waals surface area (Å²) in [4.78, 5) is 17.9. The fourth-order valence-electron chi connectivity index (χ4n) is 4.56. The van der Waals surface area contributed by atoms with Gasteiger partial charge in [0, 0.05) is 38.4 Å². The number of hydrogen-bond acceptors (Lipinski definition) is 3. The van der Waals surface area contributed by atoms with E-state index in [4.69, 9.17) is 0 Å². The van der Waals surface area contributed by atoms with Gasteiger partial charge in [-0.15, -0.1) is 6.58 Å². The summed E-state index contributed by atoms with van der Waals surface area (Å²) in [6.07, 6.45) is 3.61. The highest BCUT2D eigenvalue weighted by molar-refractivity contribution is 5.82. The van der Waals surface area contributed by atoms with E-state index < -0.39 is 0 Å². The molecule has 0 aliphatic carbocycles. The number of para-hydroxylation sites is 1. The van der Waals surface area contributed by atoms with Gasteiger partial charge in [-0.25, -0.2) is 0 Å². The van der Waals surface area contributed by atoms with Gasteiger partial charge in [-0.2, -0.15) is 0 Å². The first-order chi connectivity index (χ1) is 13.8. The van der Waals surface area contributed by atoms with E-state index >= 15 is 0 Å². The SMILES string of the molecule is C=CCNC(=O)[C@H]1Cc2ccccc2N2CCN(CCc3ccccc3)C[C@H]12. The Labute approximate surface area is 167 Å². The highest BCUT2D eigenvalue weighted by Gasteiger charge is 2.41. The van der Waals surface area contributed by atoms with Crippen LogP contribution in [0.15, 0.2) is 67.3 Å². The van der Waals surface area contributed by atoms with Crippen LogP contribution >= 0.6 is 0 Å². The monoisotopic (exact) mass is 375 g/mol. The number of hydrogen-bond donors (Lipinski definition) is 1. The molecule has 2 atom stereocenters. The second-order valence-electron chi connectivity index (χ2n) is 7.77. The molecule has 1 saturated heterocycles. The number of piperazine rings is 1. The number of nitrogens with zero attached hydrogens (tertiary/aromatic N) is 2. The molecule has 1 amide bonds. The predicted molar refractivity (Wildman–Crippen MR) is 115 cm³/mol. The Morgan fingerprint density at radius 1 is 1.11 bits per heavy atom. The van der Waals surface area contributed by atoms with E-state index in [0.29, 0.717) is 6.54 Å². The van der Waals surface area contributed by atoms with Gasteiger partial charge in [0.05, 0.1) is 12.0 Å². The first kappa shape index (κ1) is 18.8. The van der Waals surface area contributed by atoms with E-state index in [2.05, 4.69) is 76.3 Å². The molecule has 2 aromatic rings. The molecule has 2 heterocycles. The molecule has 4 rings (SSSR count). The van der Waals surface area contributed by atoms with Crippen molar-refractivity contribution in [3.05, 3.63) is 78.4 Å². The molecule has 1 N–H and O–H groups in total. The molecule has 0 bridgehead atoms. The summed E-state index contributed by atoms with van der Waals surface area (Å²) < 4.78 is 0. The number of benzene rings is 2. The van der Waals surface area contributed by atoms with E-state index in [-0.39, 0.29) is 17.9 Å². The Balaban J connectivity index is 1.50. The number of anilines is 1. The van der Waals surface area contributed by atoms with Crippen molar-refractivity contribution in [3.63, 3.8) is 0 Å². The molecule has 0 saturated carbocycles. The first-order valence-electron chi connectivity index (χ1n) is 10.3. The van der Waals surface area contributed by atoms with Crippen molar-refractivity contribution in [2.24, 2.45) is 5.92 Å². The smallest absolute Gasteiger partial charge is 0.225 e. The third-order valence-corrected chi connectivity index (χ3v) is 6.02. The van der Waals surface area contributed by atoms with Crippen LogP contribution in [0, 0.1) is 5.92 Å². The van der Waals surface area contributed by atoms with Crippen molar-refractivity contribution in [2.75, 3.05) is 37.6 Å². The quantitative estimate of drug-likeness (QED) is 0.789. The second-order valence-corrected chi connectivity index (χ2v) is 7.77. The summed E-state index contributed by atoms with van der Waals surface area (Å²) in [7, 11) is 0. The van der Waals surface area contributed by atoms with E-state index in [1.165, 1.54) is 16.8 Å². The first-order valence-corrected chi connectivity index (χ1v) is 10.3. The van der Waals surface area contributed by atoms with Crippen LogP contribution < -0.4 is 10.2 Å². The lowest BCUT2D eigenvalue weighted by Crippen LogP contribution is -2.61. The molecule has 28 heavy (non-hydrogen) atoms. The summed E-state index contributed by atoms with van der Waals surface area (Å²) in [5.74, 6) is 0.128. The zero-order valence-corrected chi connectivity index (χ0v) is 16.4. The maximum atomic E-state index is 12.9. The number of rotatable bonds is 6. The summed E-state index contributed by atoms with van der Waals surface area (Å²) in [6, 6.07) is 19.4. The van der Waals surface area contributed by atoms with Crippen LogP contribution in [0.4, 0.5) is 5.69 Å². The summed E-state index contributed by atoms with van der Waals surface area (Å²) in [6.45, 7) is 8.25. The average Bonchev–Trinajstić information content (AvgIpc) is 2.76. The standard InChI is InChI=1S/C24H29N3O/c1-2-13-25-24(28)21-17-20-10-6-7-11-22(20)27-16-15-26(18-23(21)27)14-12-19-8-4-3-5-9-19/h2-11,21,23H,1,12-18H2,(H,25,28)/t21-,23+/m0/s1. The maximum Gasteiger partial charge on any atom is 0.225 e. The molecule has 4 nitrogen and oxygen atoms in total. The van der Waals surface area contributed by atoms with E-state index in [1.54, 1.807) is 6.08 Å². The van der Waals surface area contributed by atoms with E-state index in [0.717, 1.165) is 39.0 Å². The van der Waals surface area contributed by atoms with Gasteiger partial charge in [0.15, 0.2) is 0 Å². The van der Waals surface area contributed by atoms with Crippen molar-refractivity contribution in [1.82, 2.24) is 10.2 Å². The predicted octanol–water partition coefficient (Wildman–Crippen LogP) is 2.89. The van der Waals surface area contributed by atoms with Crippen LogP contribution in [-0.4, -0.2) is 49.6 Å². The molecule has 2 aromatic carbocycles. The van der Waals surface area contributed by atoms with Gasteiger partial charge in [-0.3, -0.25) is 9.69 Å². The maximum absolute atomic E-state index is 12.9. The topological polar surface area (TPSA) is 35.6 Å². The van der Waals surface area contributed by atoms with Crippen molar-refractivity contribution in [1.29, 1.82) is 0 Å². The van der Waals surface area contributed by atoms with Crippen molar-refractivity contribution in [3.8, 4) is 0 Å². The number of carbonyl (C=O) groups excluding carboxylic acids is 1. The lowest BCUT2D eigenvalue weighted by atomic mass is 9.83. The zero-order valence-electron chi connectivity index (χ0n) is 16.4. The lowest BCUT2D eigenvalue weighted by molar-refractivity contribution is -0.126. The molecule has 0 spiro atoms. The molecular formula is C24H29N3O. The zero-order chi connectivity index (χ0) is 19.3. The average molecular weight is 376 g/mol. The number of amides is 1. The van der Waals surface area contributed by atoms with Gasteiger partial charge >= 0.3 is 0 Å². The largest absolute Gasteiger partial charge is 0.365 e. The minimum atomic E-state index is -0.0191. The minimum Gasteiger partial charge on any atom is -0.365 e. The Morgan fingerprint density at radius 2 is 1.89 bits per heavy atom. The Bertz CT molecular complexity index is 820. The van der Waals surface area contributed by atoms with Crippen molar-refractivity contribution < 1.29 is 4.79 Å². The molecular weight excluding hydrogens is 346 g/mol. The lowest BCUT2D eigenvalue weighted by Gasteiger charge is -2.49. The number of carbonyl (C=O) groups is 1. The molecule has 4 heteroatoms. The number of fused-ring (bicyclic) bond motifs is 3. The summed E-state index contributed by atoms with van der Waals surface area (Å²) in [5.41, 5.74) is 3.97. The van der Waals surface area contributed by atoms with Crippen LogP contribution in [-0.2, 0) is 17.6 Å². The Hall–Kier alpha value is -2.59. The molecule has 1 fully saturated rings. The summed E-state index contributed by atoms with van der Waals surface area (Å²) in [5, 5.41) is 3.04. The molecule has 2 aliphatic heterocycles. The second kappa shape index (κ2) is 8.61. The van der Waals surface area contributed by atoms with Crippen LogP contribution in [0.5, 0.6) is 0 Å². The molecule has 0 unspecified atom stereocenters. The van der Waals surface area contributed by atoms with Crippen molar-refractivity contribution in [2.45, 2.75) is 18.9 Å². The van der Waals surface area contributed by atoms with E-state index in [9.17, 15) is 4.79 Å². The minimum absolute atomic E-state index is 0.0191. The third kappa shape index (κ3) is 3.97. The molecule has 0 radical (unpaired) electrons. The highest BCUT2D eigenvalue weighted by Crippen LogP contribution is 2.35. The van der Waals surface area contributed by atoms with E-state index in [1.807, 2.05) is 0 Å². The Kier molecular flexibility index (Phi) is 5.77. The van der Waals surface area contributed by atoms with Gasteiger partial charge in [-0.05, 0) is 30.0 Å². The van der Waals surface area contributed by atoms with Crippen LogP contribution in [0.1, 0.15) is 11.1 Å². The van der Waals surface area contributed by atoms with Crippen LogP contribution in [0.2, 0.25) is 0 Å². The van der Waals surface area contributed by atoms with Gasteiger partial charge in [0.2, 0.25) is 5.91 Å². The van der Waals surface area contributed by atoms with Gasteiger partial charge in [-0.1, -0.05) is 54.6 Å². The van der Waals surface area contributed by atoms with Gasteiger partial charge in [0.25, 0.3) is 0 Å².